The fourth-order valence-corrected chi connectivity index (χ4v) is 2.76. The molecule has 0 bridgehead atoms. The molecule has 24 heavy (non-hydrogen) atoms. The fraction of sp³-hybridized carbons (Fsp3) is 0.0556. The van der Waals surface area contributed by atoms with Crippen molar-refractivity contribution < 1.29 is 0 Å². The normalized spacial score (nSPS) is 10.4. The van der Waals surface area contributed by atoms with Crippen molar-refractivity contribution in [3.63, 3.8) is 0 Å². The molecule has 0 aliphatic rings. The second kappa shape index (κ2) is 6.80. The number of hydrogen-bond acceptors (Lipinski definition) is 3. The minimum absolute atomic E-state index is 0.0417. The quantitative estimate of drug-likeness (QED) is 0.487. The number of halogens is 1. The Hall–Kier alpha value is -2.73. The molecule has 120 valence electrons. The first-order valence-corrected chi connectivity index (χ1v) is 8.05. The molecule has 0 spiro atoms. The summed E-state index contributed by atoms with van der Waals surface area (Å²) in [6, 6.07) is 13.1. The van der Waals surface area contributed by atoms with Crippen molar-refractivity contribution in [1.82, 2.24) is 15.2 Å². The van der Waals surface area contributed by atoms with Crippen LogP contribution in [0.1, 0.15) is 5.56 Å². The number of nitrogens with one attached hydrogen (secondary N) is 2. The lowest BCUT2D eigenvalue weighted by Gasteiger charge is -1.95. The van der Waals surface area contributed by atoms with E-state index in [0.717, 1.165) is 26.2 Å². The number of fused-ring (bicyclic) bond motifs is 2. The Labute approximate surface area is 145 Å². The summed E-state index contributed by atoms with van der Waals surface area (Å²) in [5.74, 6) is 0. The van der Waals surface area contributed by atoms with Gasteiger partial charge in [-0.25, -0.2) is 5.10 Å². The molecule has 0 saturated carbocycles. The highest BCUT2D eigenvalue weighted by Crippen LogP contribution is 2.15. The van der Waals surface area contributed by atoms with Gasteiger partial charge in [-0.3, -0.25) is 9.59 Å². The van der Waals surface area contributed by atoms with Crippen molar-refractivity contribution in [2.45, 2.75) is 6.92 Å². The van der Waals surface area contributed by atoms with Gasteiger partial charge in [-0.1, -0.05) is 27.6 Å². The first-order chi connectivity index (χ1) is 11.5. The van der Waals surface area contributed by atoms with Crippen LogP contribution in [0.4, 0.5) is 0 Å². The number of hydrogen-bond donors (Lipinski definition) is 2. The Morgan fingerprint density at radius 2 is 1.67 bits per heavy atom. The van der Waals surface area contributed by atoms with Crippen molar-refractivity contribution in [1.29, 1.82) is 0 Å². The van der Waals surface area contributed by atoms with E-state index in [-0.39, 0.29) is 11.1 Å². The zero-order valence-electron chi connectivity index (χ0n) is 12.8. The molecule has 4 aromatic rings. The Bertz CT molecular complexity index is 1040. The van der Waals surface area contributed by atoms with E-state index in [1.54, 1.807) is 18.5 Å². The lowest BCUT2D eigenvalue weighted by molar-refractivity contribution is 1.01. The number of pyridine rings is 1. The first-order valence-electron chi connectivity index (χ1n) is 7.25. The highest BCUT2D eigenvalue weighted by Gasteiger charge is 1.97. The van der Waals surface area contributed by atoms with Gasteiger partial charge in [0.25, 0.3) is 11.1 Å². The zero-order valence-corrected chi connectivity index (χ0v) is 14.4. The lowest BCUT2D eigenvalue weighted by Crippen LogP contribution is -2.06. The number of rotatable bonds is 0. The fourth-order valence-electron chi connectivity index (χ4n) is 2.38. The Balaban J connectivity index is 0.000000141. The summed E-state index contributed by atoms with van der Waals surface area (Å²) < 4.78 is 0.987. The third-order valence-corrected chi connectivity index (χ3v) is 4.05. The van der Waals surface area contributed by atoms with E-state index in [1.165, 1.54) is 0 Å². The van der Waals surface area contributed by atoms with Crippen molar-refractivity contribution >= 4 is 37.5 Å². The number of aromatic amines is 2. The first kappa shape index (κ1) is 16.1. The molecular formula is C18H14BrN3O2. The molecule has 0 fully saturated rings. The van der Waals surface area contributed by atoms with Crippen molar-refractivity contribution in [3.8, 4) is 0 Å². The van der Waals surface area contributed by atoms with Crippen molar-refractivity contribution in [2.75, 3.05) is 0 Å². The summed E-state index contributed by atoms with van der Waals surface area (Å²) in [5, 5.41) is 9.36. The lowest BCUT2D eigenvalue weighted by atomic mass is 10.1. The van der Waals surface area contributed by atoms with E-state index < -0.39 is 0 Å². The molecule has 2 aromatic carbocycles. The van der Waals surface area contributed by atoms with Gasteiger partial charge >= 0.3 is 0 Å². The topological polar surface area (TPSA) is 78.6 Å². The van der Waals surface area contributed by atoms with Gasteiger partial charge in [-0.05, 0) is 48.7 Å². The molecule has 2 aromatic heterocycles. The van der Waals surface area contributed by atoms with Gasteiger partial charge < -0.3 is 4.98 Å². The molecule has 0 amide bonds. The van der Waals surface area contributed by atoms with Gasteiger partial charge in [0.15, 0.2) is 0 Å². The summed E-state index contributed by atoms with van der Waals surface area (Å²) in [6.45, 7) is 1.99. The highest BCUT2D eigenvalue weighted by molar-refractivity contribution is 9.10. The van der Waals surface area contributed by atoms with Gasteiger partial charge in [-0.2, -0.15) is 5.10 Å². The zero-order chi connectivity index (χ0) is 17.1. The summed E-state index contributed by atoms with van der Waals surface area (Å²) in [7, 11) is 0. The SMILES string of the molecule is Cc1ccc2c(=O)[nH]ncc2c1.O=c1[nH]ccc2cc(Br)ccc12. The van der Waals surface area contributed by atoms with E-state index in [9.17, 15) is 9.59 Å². The van der Waals surface area contributed by atoms with Crippen LogP contribution in [0.3, 0.4) is 0 Å². The summed E-state index contributed by atoms with van der Waals surface area (Å²) in [5.41, 5.74) is 0.961. The van der Waals surface area contributed by atoms with Crippen LogP contribution in [-0.4, -0.2) is 15.2 Å². The summed E-state index contributed by atoms with van der Waals surface area (Å²) >= 11 is 3.34. The van der Waals surface area contributed by atoms with Crippen molar-refractivity contribution in [2.24, 2.45) is 0 Å². The molecule has 0 aliphatic carbocycles. The molecule has 0 aliphatic heterocycles. The molecule has 5 nitrogen and oxygen atoms in total. The molecular weight excluding hydrogens is 370 g/mol. The second-order valence-corrected chi connectivity index (χ2v) is 6.24. The highest BCUT2D eigenvalue weighted by atomic mass is 79.9. The average molecular weight is 384 g/mol. The van der Waals surface area contributed by atoms with Gasteiger partial charge in [0.05, 0.1) is 11.6 Å². The minimum Gasteiger partial charge on any atom is -0.329 e. The predicted molar refractivity (Wildman–Crippen MR) is 99.4 cm³/mol. The largest absolute Gasteiger partial charge is 0.329 e. The number of aromatic nitrogens is 3. The maximum Gasteiger partial charge on any atom is 0.272 e. The van der Waals surface area contributed by atoms with Crippen LogP contribution in [0.5, 0.6) is 0 Å². The number of aryl methyl sites for hydroxylation is 1. The maximum absolute atomic E-state index is 11.2. The van der Waals surface area contributed by atoms with Crippen molar-refractivity contribution in [3.05, 3.63) is 85.6 Å². The Morgan fingerprint density at radius 1 is 0.917 bits per heavy atom. The molecule has 2 heterocycles. The van der Waals surface area contributed by atoms with Gasteiger partial charge in [0.2, 0.25) is 0 Å². The number of nitrogens with zero attached hydrogens (tertiary/aromatic N) is 1. The molecule has 0 radical (unpaired) electrons. The van der Waals surface area contributed by atoms with Crippen LogP contribution in [0.15, 0.2) is 68.9 Å². The van der Waals surface area contributed by atoms with E-state index in [0.29, 0.717) is 5.39 Å². The minimum atomic E-state index is -0.132. The van der Waals surface area contributed by atoms with Gasteiger partial charge in [0.1, 0.15) is 0 Å². The third kappa shape index (κ3) is 3.44. The molecule has 0 saturated heterocycles. The van der Waals surface area contributed by atoms with Crippen LogP contribution in [0, 0.1) is 6.92 Å². The van der Waals surface area contributed by atoms with Crippen LogP contribution in [0.2, 0.25) is 0 Å². The standard InChI is InChI=1S/C9H6BrNO.C9H8N2O/c10-7-1-2-8-6(5-7)3-4-11-9(8)12;1-6-2-3-8-7(4-6)5-10-11-9(8)12/h1-5H,(H,11,12);2-5H,1H3,(H,11,12). The molecule has 0 unspecified atom stereocenters. The van der Waals surface area contributed by atoms with Gasteiger partial charge in [-0.15, -0.1) is 0 Å². The van der Waals surface area contributed by atoms with Crippen LogP contribution in [-0.2, 0) is 0 Å². The van der Waals surface area contributed by atoms with E-state index >= 15 is 0 Å². The summed E-state index contributed by atoms with van der Waals surface area (Å²) in [4.78, 5) is 25.0. The number of H-pyrrole nitrogens is 2. The Kier molecular flexibility index (Phi) is 4.57. The third-order valence-electron chi connectivity index (χ3n) is 3.56. The molecule has 2 N–H and O–H groups in total. The average Bonchev–Trinajstić information content (AvgIpc) is 2.55. The molecule has 6 heteroatoms. The van der Waals surface area contributed by atoms with Crippen LogP contribution < -0.4 is 11.1 Å². The van der Waals surface area contributed by atoms with Gasteiger partial charge in [0, 0.05) is 21.4 Å². The molecule has 4 rings (SSSR count). The second-order valence-electron chi connectivity index (χ2n) is 5.33. The van der Waals surface area contributed by atoms with E-state index in [1.807, 2.05) is 43.3 Å². The van der Waals surface area contributed by atoms with E-state index in [2.05, 4.69) is 31.1 Å². The Morgan fingerprint density at radius 3 is 2.50 bits per heavy atom. The number of benzene rings is 2. The maximum atomic E-state index is 11.2. The van der Waals surface area contributed by atoms with E-state index in [4.69, 9.17) is 0 Å². The van der Waals surface area contributed by atoms with Crippen LogP contribution >= 0.6 is 15.9 Å². The molecule has 0 atom stereocenters. The monoisotopic (exact) mass is 383 g/mol. The predicted octanol–water partition coefficient (Wildman–Crippen LogP) is 3.52. The summed E-state index contributed by atoms with van der Waals surface area (Å²) in [6.07, 6.45) is 3.31. The smallest absolute Gasteiger partial charge is 0.272 e. The van der Waals surface area contributed by atoms with Crippen LogP contribution in [0.25, 0.3) is 21.5 Å².